The van der Waals surface area contributed by atoms with Crippen LogP contribution in [0.15, 0.2) is 218 Å². The van der Waals surface area contributed by atoms with Crippen molar-refractivity contribution in [1.29, 1.82) is 0 Å². The number of hydrogen-bond acceptors (Lipinski definition) is 6. The third-order valence-corrected chi connectivity index (χ3v) is 24.1. The zero-order valence-corrected chi connectivity index (χ0v) is 61.3. The Hall–Kier alpha value is -12.5. The molecular formula is C95H69B3N4O5. The van der Waals surface area contributed by atoms with E-state index in [1.165, 1.54) is 71.3 Å². The predicted molar refractivity (Wildman–Crippen MR) is 443 cm³/mol. The van der Waals surface area contributed by atoms with Gasteiger partial charge in [0.2, 0.25) is 0 Å². The van der Waals surface area contributed by atoms with Gasteiger partial charge in [0.05, 0.1) is 55.8 Å². The van der Waals surface area contributed by atoms with Crippen molar-refractivity contribution in [3.63, 3.8) is 0 Å². The van der Waals surface area contributed by atoms with Crippen molar-refractivity contribution < 1.29 is 23.7 Å². The van der Waals surface area contributed by atoms with Crippen molar-refractivity contribution in [2.45, 2.75) is 76.2 Å². The van der Waals surface area contributed by atoms with E-state index in [4.69, 9.17) is 23.7 Å². The van der Waals surface area contributed by atoms with Gasteiger partial charge >= 0.3 is 0 Å². The molecule has 508 valence electrons. The highest BCUT2D eigenvalue weighted by molar-refractivity contribution is 7.03. The molecule has 0 spiro atoms. The Morgan fingerprint density at radius 1 is 0.215 bits per heavy atom. The molecule has 3 aromatic heterocycles. The number of hydrogen-bond donors (Lipinski definition) is 0. The molecule has 107 heavy (non-hydrogen) atoms. The van der Waals surface area contributed by atoms with E-state index in [0.29, 0.717) is 0 Å². The fraction of sp³-hybridized carbons (Fsp3) is 0.116. The molecule has 6 aliphatic rings. The second-order valence-electron chi connectivity index (χ2n) is 31.6. The lowest BCUT2D eigenvalue weighted by molar-refractivity contribution is 0.456. The summed E-state index contributed by atoms with van der Waals surface area (Å²) in [6.07, 6.45) is 0. The van der Waals surface area contributed by atoms with Crippen molar-refractivity contribution in [2.75, 3.05) is 4.90 Å². The summed E-state index contributed by atoms with van der Waals surface area (Å²) in [5.74, 6) is 7.79. The summed E-state index contributed by atoms with van der Waals surface area (Å²) in [5, 5.41) is 7.26. The molecule has 9 nitrogen and oxygen atoms in total. The number of ether oxygens (including phenoxy) is 5. The number of rotatable bonds is 4. The van der Waals surface area contributed by atoms with Crippen LogP contribution in [-0.2, 0) is 0 Å². The fourth-order valence-electron chi connectivity index (χ4n) is 19.7. The molecular weight excluding hydrogens is 1310 g/mol. The maximum absolute atomic E-state index is 7.85. The van der Waals surface area contributed by atoms with Crippen molar-refractivity contribution >= 4 is 152 Å². The summed E-state index contributed by atoms with van der Waals surface area (Å²) in [6, 6.07) is 82.1. The number of aromatic nitrogens is 3. The number of nitrogens with zero attached hydrogens (tertiary/aromatic N) is 4. The van der Waals surface area contributed by atoms with Crippen LogP contribution in [0.5, 0.6) is 57.5 Å². The molecule has 23 rings (SSSR count). The van der Waals surface area contributed by atoms with Crippen LogP contribution in [0.4, 0.5) is 17.1 Å². The van der Waals surface area contributed by atoms with Crippen molar-refractivity contribution in [2.24, 2.45) is 0 Å². The molecule has 0 saturated heterocycles. The van der Waals surface area contributed by atoms with E-state index in [1.54, 1.807) is 0 Å². The van der Waals surface area contributed by atoms with Gasteiger partial charge in [0, 0.05) is 97.1 Å². The van der Waals surface area contributed by atoms with Crippen molar-refractivity contribution in [3.8, 4) is 74.6 Å². The molecule has 0 bridgehead atoms. The van der Waals surface area contributed by atoms with Crippen molar-refractivity contribution in [1.82, 2.24) is 13.7 Å². The SMILES string of the molecule is Cc1cc(C)c(N2c3cc4c(cc3B3c5cc6c(cc5Oc5cc(-n7c8ccc(C)cc8c8cc(C)ccc87)cc2c53)Oc2cc(-n3c5ccc(C)cc5c5cc(C)ccc53)cc3c2B6c2cc(C)ccc2O3)B2c3cc(C)ccc3Oc3cc(-n5c6ccc(C)cc6c6cc(C)ccc65)cc(c32)O4)c(C)c1. The maximum atomic E-state index is 7.85. The zero-order valence-electron chi connectivity index (χ0n) is 61.3. The standard InChI is InChI=1S/C95H69B3N4O5/c1-48-12-20-74-62(30-48)63-31-49(2)13-21-75(63)99(74)59-38-81-92-87(39-59)106-85-47-86-73(98-70-37-55(8)19-27-83(70)104-89-41-61(43-91(107-86)94(89)98)101-78-24-16-52(5)34-66(78)67-35-53(6)17-25-79(67)101)45-72(85)96(92)68-44-71-84(46-80(68)102(81)95-57(10)28-56(9)29-58(95)11)105-90-42-60(40-88-93(90)97(71)69-36-54(7)18-26-82(69)103-88)100-76-22-14-50(3)32-64(76)65-33-51(4)15-23-77(65)100/h12-47H,1-11H3. The van der Waals surface area contributed by atoms with E-state index in [1.807, 2.05) is 0 Å². The lowest BCUT2D eigenvalue weighted by atomic mass is 9.30. The monoisotopic (exact) mass is 1380 g/mol. The Kier molecular flexibility index (Phi) is 12.1. The van der Waals surface area contributed by atoms with E-state index >= 15 is 0 Å². The normalized spacial score (nSPS) is 13.7. The molecule has 0 N–H and O–H groups in total. The molecule has 0 aliphatic carbocycles. The number of aryl methyl sites for hydroxylation is 11. The molecule has 14 aromatic carbocycles. The van der Waals surface area contributed by atoms with Gasteiger partial charge in [-0.15, -0.1) is 0 Å². The summed E-state index contributed by atoms with van der Waals surface area (Å²) < 4.78 is 44.9. The molecule has 17 aromatic rings. The van der Waals surface area contributed by atoms with Gasteiger partial charge in [-0.05, 0) is 217 Å². The highest BCUT2D eigenvalue weighted by atomic mass is 16.5. The molecule has 0 fully saturated rings. The highest BCUT2D eigenvalue weighted by Crippen LogP contribution is 2.50. The summed E-state index contributed by atoms with van der Waals surface area (Å²) in [6.45, 7) is 23.3. The molecule has 0 unspecified atom stereocenters. The topological polar surface area (TPSA) is 64.2 Å². The fourth-order valence-corrected chi connectivity index (χ4v) is 19.7. The zero-order chi connectivity index (χ0) is 71.7. The van der Waals surface area contributed by atoms with Crippen LogP contribution < -0.4 is 77.7 Å². The average molecular weight is 1380 g/mol. The Morgan fingerprint density at radius 2 is 0.505 bits per heavy atom. The van der Waals surface area contributed by atoms with Crippen molar-refractivity contribution in [3.05, 3.63) is 280 Å². The number of benzene rings is 14. The first-order valence-corrected chi connectivity index (χ1v) is 37.4. The number of fused-ring (bicyclic) bond motifs is 21. The lowest BCUT2D eigenvalue weighted by Gasteiger charge is -2.43. The summed E-state index contributed by atoms with van der Waals surface area (Å²) in [7, 11) is 0. The summed E-state index contributed by atoms with van der Waals surface area (Å²) in [5.41, 5.74) is 35.6. The minimum atomic E-state index is -0.362. The second kappa shape index (κ2) is 21.4. The largest absolute Gasteiger partial charge is 0.458 e. The van der Waals surface area contributed by atoms with Gasteiger partial charge in [0.25, 0.3) is 20.1 Å². The molecule has 0 atom stereocenters. The lowest BCUT2D eigenvalue weighted by Crippen LogP contribution is -2.64. The van der Waals surface area contributed by atoms with Crippen LogP contribution in [0.2, 0.25) is 0 Å². The Labute approximate surface area is 620 Å². The van der Waals surface area contributed by atoms with Crippen LogP contribution in [0.1, 0.15) is 61.2 Å². The van der Waals surface area contributed by atoms with Gasteiger partial charge in [-0.3, -0.25) is 0 Å². The molecule has 0 amide bonds. The van der Waals surface area contributed by atoms with E-state index < -0.39 is 0 Å². The van der Waals surface area contributed by atoms with Gasteiger partial charge < -0.3 is 42.3 Å². The van der Waals surface area contributed by atoms with Crippen LogP contribution in [-0.4, -0.2) is 33.8 Å². The Balaban J connectivity index is 0.792. The Bertz CT molecular complexity index is 6850. The molecule has 0 saturated carbocycles. The van der Waals surface area contributed by atoms with Gasteiger partial charge in [0.15, 0.2) is 0 Å². The highest BCUT2D eigenvalue weighted by Gasteiger charge is 2.50. The molecule has 6 aliphatic heterocycles. The quantitative estimate of drug-likeness (QED) is 0.164. The minimum absolute atomic E-state index is 0.257. The first-order valence-electron chi connectivity index (χ1n) is 37.4. The van der Waals surface area contributed by atoms with E-state index in [0.717, 1.165) is 196 Å². The van der Waals surface area contributed by atoms with Crippen LogP contribution >= 0.6 is 0 Å². The molecule has 0 radical (unpaired) electrons. The van der Waals surface area contributed by atoms with Crippen LogP contribution in [0.3, 0.4) is 0 Å². The third-order valence-electron chi connectivity index (χ3n) is 24.1. The first kappa shape index (κ1) is 60.8. The van der Waals surface area contributed by atoms with E-state index in [2.05, 4.69) is 313 Å². The predicted octanol–water partition coefficient (Wildman–Crippen LogP) is 18.2. The smallest absolute Gasteiger partial charge is 0.260 e. The van der Waals surface area contributed by atoms with Crippen LogP contribution in [0.25, 0.3) is 82.5 Å². The summed E-state index contributed by atoms with van der Waals surface area (Å²) in [4.78, 5) is 2.55. The molecule has 9 heterocycles. The average Bonchev–Trinajstić information content (AvgIpc) is 1.25. The first-order chi connectivity index (χ1) is 52.0. The van der Waals surface area contributed by atoms with Gasteiger partial charge in [-0.25, -0.2) is 0 Å². The maximum Gasteiger partial charge on any atom is 0.260 e. The van der Waals surface area contributed by atoms with Gasteiger partial charge in [-0.2, -0.15) is 0 Å². The van der Waals surface area contributed by atoms with E-state index in [-0.39, 0.29) is 20.1 Å². The van der Waals surface area contributed by atoms with E-state index in [9.17, 15) is 0 Å². The minimum Gasteiger partial charge on any atom is -0.458 e. The van der Waals surface area contributed by atoms with Gasteiger partial charge in [0.1, 0.15) is 57.5 Å². The van der Waals surface area contributed by atoms with Crippen LogP contribution in [0, 0.1) is 76.2 Å². The number of anilines is 3. The second-order valence-corrected chi connectivity index (χ2v) is 31.6. The molecule has 12 heteroatoms. The Morgan fingerprint density at radius 3 is 0.879 bits per heavy atom. The third kappa shape index (κ3) is 8.49. The van der Waals surface area contributed by atoms with Gasteiger partial charge in [-0.1, -0.05) is 135 Å². The summed E-state index contributed by atoms with van der Waals surface area (Å²) >= 11 is 0.